The number of rotatable bonds is 3. The minimum Gasteiger partial charge on any atom is -0.368 e. The van der Waals surface area contributed by atoms with Gasteiger partial charge in [-0.15, -0.1) is 0 Å². The molecule has 1 unspecified atom stereocenters. The number of nitriles is 1. The van der Waals surface area contributed by atoms with Gasteiger partial charge in [0, 0.05) is 49.8 Å². The lowest BCUT2D eigenvalue weighted by atomic mass is 10.1. The lowest BCUT2D eigenvalue weighted by Gasteiger charge is -2.38. The highest BCUT2D eigenvalue weighted by atomic mass is 15.3. The van der Waals surface area contributed by atoms with Crippen molar-refractivity contribution in [3.05, 3.63) is 67.0 Å². The second-order valence-corrected chi connectivity index (χ2v) is 6.86. The quantitative estimate of drug-likeness (QED) is 0.831. The number of aromatic nitrogens is 2. The summed E-state index contributed by atoms with van der Waals surface area (Å²) < 4.78 is 0. The van der Waals surface area contributed by atoms with Crippen LogP contribution in [0.3, 0.4) is 0 Å². The average Bonchev–Trinajstić information content (AvgIpc) is 2.79. The van der Waals surface area contributed by atoms with E-state index in [2.05, 4.69) is 43.5 Å². The third-order valence-electron chi connectivity index (χ3n) is 5.10. The van der Waals surface area contributed by atoms with Crippen LogP contribution in [-0.4, -0.2) is 58.3 Å². The summed E-state index contributed by atoms with van der Waals surface area (Å²) in [5.74, 6) is 0.893. The normalized spacial score (nSPS) is 19.1. The predicted octanol–water partition coefficient (Wildman–Crippen LogP) is 2.84. The fourth-order valence-corrected chi connectivity index (χ4v) is 3.42. The third-order valence-corrected chi connectivity index (χ3v) is 5.10. The monoisotopic (exact) mass is 370 g/mol. The van der Waals surface area contributed by atoms with Gasteiger partial charge in [0.05, 0.1) is 29.9 Å². The van der Waals surface area contributed by atoms with Gasteiger partial charge in [-0.25, -0.2) is 0 Å². The lowest BCUT2D eigenvalue weighted by molar-refractivity contribution is 0.249. The highest BCUT2D eigenvalue weighted by Gasteiger charge is 2.22. The molecule has 0 saturated carbocycles. The summed E-state index contributed by atoms with van der Waals surface area (Å²) in [4.78, 5) is 18.0. The van der Waals surface area contributed by atoms with Gasteiger partial charge < -0.3 is 9.80 Å². The van der Waals surface area contributed by atoms with Crippen molar-refractivity contribution in [3.8, 4) is 17.5 Å². The van der Waals surface area contributed by atoms with Gasteiger partial charge in [0.25, 0.3) is 0 Å². The van der Waals surface area contributed by atoms with E-state index in [1.54, 1.807) is 6.20 Å². The molecule has 2 aromatic rings. The van der Waals surface area contributed by atoms with Gasteiger partial charge in [-0.05, 0) is 30.3 Å². The van der Waals surface area contributed by atoms with Crippen LogP contribution in [0, 0.1) is 17.2 Å². The number of piperazine rings is 1. The van der Waals surface area contributed by atoms with Gasteiger partial charge in [-0.1, -0.05) is 18.7 Å². The minimum atomic E-state index is -0.0913. The predicted molar refractivity (Wildman–Crippen MR) is 110 cm³/mol. The Kier molecular flexibility index (Phi) is 5.16. The van der Waals surface area contributed by atoms with Crippen LogP contribution < -0.4 is 0 Å². The fourth-order valence-electron chi connectivity index (χ4n) is 3.42. The molecule has 4 heterocycles. The Balaban J connectivity index is 1.36. The smallest absolute Gasteiger partial charge is 0.123 e. The summed E-state index contributed by atoms with van der Waals surface area (Å²) in [6.07, 6.45) is 7.56. The maximum absolute atomic E-state index is 8.96. The first-order valence-electron chi connectivity index (χ1n) is 9.43. The molecule has 0 aromatic carbocycles. The Bertz CT molecular complexity index is 931. The van der Waals surface area contributed by atoms with E-state index in [0.717, 1.165) is 54.7 Å². The van der Waals surface area contributed by atoms with Crippen LogP contribution in [0.1, 0.15) is 5.56 Å². The first-order chi connectivity index (χ1) is 13.7. The Morgan fingerprint density at radius 2 is 1.89 bits per heavy atom. The standard InChI is InChI=1S/C22H22N6/c1-17(19-6-7-21(25-16-19)20-4-2-3-9-24-20)27-10-12-28(13-11-27)22-8-5-18(14-23)15-26-22/h2-9,16,18H,1,10-13,15H2. The van der Waals surface area contributed by atoms with Crippen LogP contribution in [0.5, 0.6) is 0 Å². The van der Waals surface area contributed by atoms with Crippen molar-refractivity contribution in [2.75, 3.05) is 32.7 Å². The number of amidine groups is 1. The third kappa shape index (κ3) is 3.79. The molecule has 2 aliphatic heterocycles. The second kappa shape index (κ2) is 8.05. The largest absolute Gasteiger partial charge is 0.368 e. The molecule has 0 N–H and O–H groups in total. The van der Waals surface area contributed by atoms with E-state index in [1.165, 1.54) is 0 Å². The second-order valence-electron chi connectivity index (χ2n) is 6.86. The molecular formula is C22H22N6. The molecule has 0 spiro atoms. The molecule has 28 heavy (non-hydrogen) atoms. The van der Waals surface area contributed by atoms with E-state index in [0.29, 0.717) is 6.54 Å². The van der Waals surface area contributed by atoms with Gasteiger partial charge in [0.2, 0.25) is 0 Å². The summed E-state index contributed by atoms with van der Waals surface area (Å²) in [5, 5.41) is 8.96. The maximum atomic E-state index is 8.96. The first kappa shape index (κ1) is 17.9. The summed E-state index contributed by atoms with van der Waals surface area (Å²) >= 11 is 0. The van der Waals surface area contributed by atoms with Crippen molar-refractivity contribution < 1.29 is 0 Å². The van der Waals surface area contributed by atoms with Crippen LogP contribution in [0.25, 0.3) is 17.1 Å². The highest BCUT2D eigenvalue weighted by molar-refractivity contribution is 5.93. The molecule has 1 saturated heterocycles. The van der Waals surface area contributed by atoms with Crippen LogP contribution in [0.2, 0.25) is 0 Å². The van der Waals surface area contributed by atoms with Crippen LogP contribution in [0.4, 0.5) is 0 Å². The Hall–Kier alpha value is -3.46. The zero-order valence-corrected chi connectivity index (χ0v) is 15.7. The van der Waals surface area contributed by atoms with E-state index < -0.39 is 0 Å². The molecule has 1 fully saturated rings. The number of hydrogen-bond donors (Lipinski definition) is 0. The SMILES string of the molecule is C=C(c1ccc(-c2ccccn2)nc1)N1CCN(C2=NCC(C#N)C=C2)CC1. The molecule has 0 bridgehead atoms. The van der Waals surface area contributed by atoms with Gasteiger partial charge in [0.1, 0.15) is 5.84 Å². The fraction of sp³-hybridized carbons (Fsp3) is 0.273. The van der Waals surface area contributed by atoms with Crippen LogP contribution >= 0.6 is 0 Å². The molecule has 2 aromatic heterocycles. The van der Waals surface area contributed by atoms with E-state index in [9.17, 15) is 0 Å². The molecule has 4 rings (SSSR count). The Morgan fingerprint density at radius 3 is 2.50 bits per heavy atom. The summed E-state index contributed by atoms with van der Waals surface area (Å²) in [5.41, 5.74) is 3.75. The molecule has 0 amide bonds. The number of hydrogen-bond acceptors (Lipinski definition) is 6. The number of dihydropyridines is 1. The van der Waals surface area contributed by atoms with Crippen molar-refractivity contribution >= 4 is 11.5 Å². The molecule has 1 atom stereocenters. The maximum Gasteiger partial charge on any atom is 0.123 e. The molecule has 0 radical (unpaired) electrons. The highest BCUT2D eigenvalue weighted by Crippen LogP contribution is 2.22. The van der Waals surface area contributed by atoms with Crippen molar-refractivity contribution in [3.63, 3.8) is 0 Å². The van der Waals surface area contributed by atoms with E-state index in [-0.39, 0.29) is 5.92 Å². The topological polar surface area (TPSA) is 68.4 Å². The first-order valence-corrected chi connectivity index (χ1v) is 9.43. The number of pyridine rings is 2. The number of nitrogens with zero attached hydrogens (tertiary/aromatic N) is 6. The minimum absolute atomic E-state index is 0.0913. The molecule has 2 aliphatic rings. The summed E-state index contributed by atoms with van der Waals surface area (Å²) in [6.45, 7) is 8.38. The van der Waals surface area contributed by atoms with Gasteiger partial charge >= 0.3 is 0 Å². The van der Waals surface area contributed by atoms with Crippen LogP contribution in [-0.2, 0) is 0 Å². The molecular weight excluding hydrogens is 348 g/mol. The summed E-state index contributed by atoms with van der Waals surface area (Å²) in [6, 6.07) is 12.1. The molecule has 6 heteroatoms. The van der Waals surface area contributed by atoms with Crippen molar-refractivity contribution in [1.82, 2.24) is 19.8 Å². The van der Waals surface area contributed by atoms with Crippen molar-refractivity contribution in [1.29, 1.82) is 5.26 Å². The zero-order valence-electron chi connectivity index (χ0n) is 15.7. The Morgan fingerprint density at radius 1 is 1.07 bits per heavy atom. The van der Waals surface area contributed by atoms with Crippen molar-refractivity contribution in [2.45, 2.75) is 0 Å². The Labute approximate surface area is 165 Å². The van der Waals surface area contributed by atoms with Crippen LogP contribution in [0.15, 0.2) is 66.4 Å². The van der Waals surface area contributed by atoms with E-state index in [4.69, 9.17) is 5.26 Å². The van der Waals surface area contributed by atoms with E-state index in [1.807, 2.05) is 42.6 Å². The van der Waals surface area contributed by atoms with Gasteiger partial charge in [-0.3, -0.25) is 15.0 Å². The van der Waals surface area contributed by atoms with Crippen molar-refractivity contribution in [2.24, 2.45) is 10.9 Å². The summed E-state index contributed by atoms with van der Waals surface area (Å²) in [7, 11) is 0. The van der Waals surface area contributed by atoms with Gasteiger partial charge in [0.15, 0.2) is 0 Å². The number of aliphatic imine (C=N–C) groups is 1. The zero-order chi connectivity index (χ0) is 19.3. The molecule has 0 aliphatic carbocycles. The van der Waals surface area contributed by atoms with E-state index >= 15 is 0 Å². The molecule has 6 nitrogen and oxygen atoms in total. The molecule has 140 valence electrons. The average molecular weight is 370 g/mol. The lowest BCUT2D eigenvalue weighted by Crippen LogP contribution is -2.47. The van der Waals surface area contributed by atoms with Gasteiger partial charge in [-0.2, -0.15) is 5.26 Å².